The van der Waals surface area contributed by atoms with Crippen molar-refractivity contribution in [3.8, 4) is 0 Å². The van der Waals surface area contributed by atoms with Gasteiger partial charge in [-0.3, -0.25) is 4.90 Å². The van der Waals surface area contributed by atoms with Crippen LogP contribution >= 0.6 is 0 Å². The van der Waals surface area contributed by atoms with Gasteiger partial charge in [0.25, 0.3) is 0 Å². The number of aliphatic hydroxyl groups is 1. The van der Waals surface area contributed by atoms with Crippen molar-refractivity contribution < 1.29 is 24.1 Å². The van der Waals surface area contributed by atoms with Crippen LogP contribution in [0.4, 0.5) is 4.79 Å². The van der Waals surface area contributed by atoms with E-state index in [1.165, 1.54) is 11.0 Å². The van der Waals surface area contributed by atoms with Gasteiger partial charge in [0.05, 0.1) is 18.2 Å². The van der Waals surface area contributed by atoms with Crippen LogP contribution in [0.2, 0.25) is 0 Å². The zero-order valence-corrected chi connectivity index (χ0v) is 14.5. The molecule has 0 saturated carbocycles. The summed E-state index contributed by atoms with van der Waals surface area (Å²) in [7, 11) is 0. The zero-order valence-electron chi connectivity index (χ0n) is 14.5. The van der Waals surface area contributed by atoms with E-state index in [9.17, 15) is 9.90 Å². The van der Waals surface area contributed by atoms with Crippen LogP contribution in [0.15, 0.2) is 25.3 Å². The molecule has 0 aromatic carbocycles. The summed E-state index contributed by atoms with van der Waals surface area (Å²) in [4.78, 5) is 14.1. The Hall–Kier alpha value is -1.37. The van der Waals surface area contributed by atoms with Gasteiger partial charge in [-0.15, -0.1) is 13.2 Å². The Morgan fingerprint density at radius 3 is 2.35 bits per heavy atom. The largest absolute Gasteiger partial charge is 0.444 e. The Morgan fingerprint density at radius 1 is 1.30 bits per heavy atom. The monoisotopic (exact) mass is 325 g/mol. The molecule has 6 nitrogen and oxygen atoms in total. The smallest absolute Gasteiger partial charge is 0.411 e. The number of hydrogen-bond donors (Lipinski definition) is 1. The molecule has 5 atom stereocenters. The lowest BCUT2D eigenvalue weighted by Crippen LogP contribution is -2.51. The standard InChI is InChI=1S/C17H27NO5/c1-8-10-13-14(22-17(6,7)21-13)12(11(19)9-2)18(10)15(20)23-16(3,4)5/h8-14,19H,1-2H2,3-7H3/t10-,11?,12+,13-,14+/m1/s1. The molecule has 0 spiro atoms. The Labute approximate surface area is 137 Å². The number of fused-ring (bicyclic) bond motifs is 1. The van der Waals surface area contributed by atoms with Crippen LogP contribution in [0, 0.1) is 0 Å². The Balaban J connectivity index is 2.37. The fraction of sp³-hybridized carbons (Fsp3) is 0.706. The molecule has 6 heteroatoms. The third kappa shape index (κ3) is 3.44. The summed E-state index contributed by atoms with van der Waals surface area (Å²) in [6, 6.07) is -1.09. The second-order valence-electron chi connectivity index (χ2n) is 7.40. The minimum absolute atomic E-state index is 0.408. The molecule has 0 bridgehead atoms. The number of carbonyl (C=O) groups is 1. The van der Waals surface area contributed by atoms with E-state index in [1.807, 2.05) is 0 Å². The van der Waals surface area contributed by atoms with Crippen molar-refractivity contribution in [3.63, 3.8) is 0 Å². The molecule has 0 aliphatic carbocycles. The van der Waals surface area contributed by atoms with Crippen molar-refractivity contribution in [2.24, 2.45) is 0 Å². The van der Waals surface area contributed by atoms with Crippen LogP contribution < -0.4 is 0 Å². The quantitative estimate of drug-likeness (QED) is 0.806. The fourth-order valence-electron chi connectivity index (χ4n) is 3.16. The van der Waals surface area contributed by atoms with Crippen LogP contribution in [0.5, 0.6) is 0 Å². The average Bonchev–Trinajstić information content (AvgIpc) is 2.85. The average molecular weight is 325 g/mol. The van der Waals surface area contributed by atoms with Crippen LogP contribution in [-0.2, 0) is 14.2 Å². The van der Waals surface area contributed by atoms with Gasteiger partial charge in [-0.25, -0.2) is 4.79 Å². The number of carbonyl (C=O) groups excluding carboxylic acids is 1. The van der Waals surface area contributed by atoms with Gasteiger partial charge >= 0.3 is 6.09 Å². The molecule has 2 aliphatic heterocycles. The third-order valence-electron chi connectivity index (χ3n) is 3.92. The maximum atomic E-state index is 12.7. The molecule has 1 amide bonds. The Bertz CT molecular complexity index is 496. The molecule has 2 saturated heterocycles. The molecule has 0 aromatic rings. The molecule has 2 aliphatic rings. The summed E-state index contributed by atoms with van der Waals surface area (Å²) in [6.45, 7) is 16.4. The summed E-state index contributed by atoms with van der Waals surface area (Å²) >= 11 is 0. The first-order valence-electron chi connectivity index (χ1n) is 7.81. The first-order chi connectivity index (χ1) is 10.5. The van der Waals surface area contributed by atoms with E-state index in [0.29, 0.717) is 0 Å². The van der Waals surface area contributed by atoms with Crippen LogP contribution in [-0.4, -0.2) is 57.9 Å². The molecular weight excluding hydrogens is 298 g/mol. The number of nitrogens with zero attached hydrogens (tertiary/aromatic N) is 1. The minimum Gasteiger partial charge on any atom is -0.444 e. The van der Waals surface area contributed by atoms with Gasteiger partial charge in [-0.05, 0) is 34.6 Å². The summed E-state index contributed by atoms with van der Waals surface area (Å²) in [5.74, 6) is -0.782. The maximum absolute atomic E-state index is 12.7. The first kappa shape index (κ1) is 18.0. The van der Waals surface area contributed by atoms with E-state index in [0.717, 1.165) is 0 Å². The summed E-state index contributed by atoms with van der Waals surface area (Å²) in [5, 5.41) is 10.4. The van der Waals surface area contributed by atoms with E-state index in [1.54, 1.807) is 40.7 Å². The highest BCUT2D eigenvalue weighted by molar-refractivity contribution is 5.70. The van der Waals surface area contributed by atoms with Crippen molar-refractivity contribution >= 4 is 6.09 Å². The Kier molecular flexibility index (Phi) is 4.63. The van der Waals surface area contributed by atoms with Gasteiger partial charge in [0.2, 0.25) is 0 Å². The van der Waals surface area contributed by atoms with Gasteiger partial charge < -0.3 is 19.3 Å². The van der Waals surface area contributed by atoms with Crippen molar-refractivity contribution in [3.05, 3.63) is 25.3 Å². The zero-order chi connectivity index (χ0) is 17.6. The normalized spacial score (nSPS) is 33.9. The SMILES string of the molecule is C=CC(O)[C@H]1[C@@H]2OC(C)(C)O[C@@H]2[C@@H](C=C)N1C(=O)OC(C)(C)C. The highest BCUT2D eigenvalue weighted by Gasteiger charge is 2.60. The molecular formula is C17H27NO5. The highest BCUT2D eigenvalue weighted by atomic mass is 16.8. The van der Waals surface area contributed by atoms with Gasteiger partial charge in [0, 0.05) is 0 Å². The lowest BCUT2D eigenvalue weighted by Gasteiger charge is -2.35. The molecule has 1 unspecified atom stereocenters. The number of hydrogen-bond acceptors (Lipinski definition) is 5. The molecule has 130 valence electrons. The van der Waals surface area contributed by atoms with Crippen LogP contribution in [0.3, 0.4) is 0 Å². The van der Waals surface area contributed by atoms with Crippen LogP contribution in [0.1, 0.15) is 34.6 Å². The molecule has 1 N–H and O–H groups in total. The third-order valence-corrected chi connectivity index (χ3v) is 3.92. The van der Waals surface area contributed by atoms with E-state index in [2.05, 4.69) is 13.2 Å². The number of rotatable bonds is 3. The second-order valence-corrected chi connectivity index (χ2v) is 7.40. The number of likely N-dealkylation sites (tertiary alicyclic amines) is 1. The number of ether oxygens (including phenoxy) is 3. The van der Waals surface area contributed by atoms with Crippen molar-refractivity contribution in [1.29, 1.82) is 0 Å². The van der Waals surface area contributed by atoms with E-state index in [4.69, 9.17) is 14.2 Å². The number of amides is 1. The van der Waals surface area contributed by atoms with E-state index < -0.39 is 47.9 Å². The molecule has 23 heavy (non-hydrogen) atoms. The molecule has 2 rings (SSSR count). The molecule has 0 aromatic heterocycles. The van der Waals surface area contributed by atoms with E-state index >= 15 is 0 Å². The maximum Gasteiger partial charge on any atom is 0.411 e. The first-order valence-corrected chi connectivity index (χ1v) is 7.81. The summed E-state index contributed by atoms with van der Waals surface area (Å²) in [5.41, 5.74) is -0.648. The molecule has 2 heterocycles. The van der Waals surface area contributed by atoms with Gasteiger partial charge in [0.1, 0.15) is 17.8 Å². The van der Waals surface area contributed by atoms with Crippen molar-refractivity contribution in [2.45, 2.75) is 76.4 Å². The fourth-order valence-corrected chi connectivity index (χ4v) is 3.16. The number of aliphatic hydroxyl groups excluding tert-OH is 1. The van der Waals surface area contributed by atoms with Gasteiger partial charge in [0.15, 0.2) is 5.79 Å². The van der Waals surface area contributed by atoms with Crippen molar-refractivity contribution in [1.82, 2.24) is 4.90 Å². The van der Waals surface area contributed by atoms with E-state index in [-0.39, 0.29) is 0 Å². The van der Waals surface area contributed by atoms with Gasteiger partial charge in [-0.1, -0.05) is 12.2 Å². The lowest BCUT2D eigenvalue weighted by atomic mass is 10.0. The minimum atomic E-state index is -0.961. The summed E-state index contributed by atoms with van der Waals surface area (Å²) in [6.07, 6.45) is 0.634. The predicted octanol–water partition coefficient (Wildman–Crippen LogP) is 2.23. The highest BCUT2D eigenvalue weighted by Crippen LogP contribution is 2.42. The second kappa shape index (κ2) is 5.92. The van der Waals surface area contributed by atoms with Crippen LogP contribution in [0.25, 0.3) is 0 Å². The molecule has 0 radical (unpaired) electrons. The lowest BCUT2D eigenvalue weighted by molar-refractivity contribution is -0.168. The topological polar surface area (TPSA) is 68.2 Å². The van der Waals surface area contributed by atoms with Gasteiger partial charge in [-0.2, -0.15) is 0 Å². The summed E-state index contributed by atoms with van der Waals surface area (Å²) < 4.78 is 17.3. The predicted molar refractivity (Wildman–Crippen MR) is 85.9 cm³/mol. The van der Waals surface area contributed by atoms with Crippen molar-refractivity contribution in [2.75, 3.05) is 0 Å². The molecule has 2 fully saturated rings. The Morgan fingerprint density at radius 2 is 1.87 bits per heavy atom.